The van der Waals surface area contributed by atoms with Crippen LogP contribution in [0.15, 0.2) is 42.5 Å². The quantitative estimate of drug-likeness (QED) is 0.521. The molecule has 1 aliphatic heterocycles. The van der Waals surface area contributed by atoms with Crippen molar-refractivity contribution < 1.29 is 19.0 Å². The smallest absolute Gasteiger partial charge is 0.309 e. The average molecular weight is 463 g/mol. The van der Waals surface area contributed by atoms with Crippen molar-refractivity contribution in [3.8, 4) is 11.1 Å². The number of carbonyl (C=O) groups excluding carboxylic acids is 1. The summed E-state index contributed by atoms with van der Waals surface area (Å²) in [6, 6.07) is 11.9. The van der Waals surface area contributed by atoms with Crippen LogP contribution in [0.25, 0.3) is 11.1 Å². The highest BCUT2D eigenvalue weighted by atomic mass is 35.5. The van der Waals surface area contributed by atoms with E-state index in [1.54, 1.807) is 13.0 Å². The summed E-state index contributed by atoms with van der Waals surface area (Å²) in [4.78, 5) is 14.6. The van der Waals surface area contributed by atoms with Crippen LogP contribution >= 0.6 is 11.6 Å². The van der Waals surface area contributed by atoms with Gasteiger partial charge in [-0.1, -0.05) is 35.9 Å². The number of halogens is 2. The van der Waals surface area contributed by atoms with Gasteiger partial charge in [0.05, 0.1) is 18.1 Å². The average Bonchev–Trinajstić information content (AvgIpc) is 2.72. The molecule has 5 nitrogen and oxygen atoms in total. The molecule has 32 heavy (non-hydrogen) atoms. The van der Waals surface area contributed by atoms with Gasteiger partial charge in [0.2, 0.25) is 0 Å². The maximum Gasteiger partial charge on any atom is 0.309 e. The lowest BCUT2D eigenvalue weighted by molar-refractivity contribution is -0.149. The minimum absolute atomic E-state index is 0.210. The van der Waals surface area contributed by atoms with Crippen molar-refractivity contribution in [1.82, 2.24) is 4.90 Å². The summed E-state index contributed by atoms with van der Waals surface area (Å²) < 4.78 is 19.4. The molecule has 0 aliphatic carbocycles. The van der Waals surface area contributed by atoms with E-state index >= 15 is 0 Å². The maximum atomic E-state index is 14.1. The van der Waals surface area contributed by atoms with Crippen molar-refractivity contribution in [1.29, 1.82) is 0 Å². The first-order chi connectivity index (χ1) is 15.2. The Kier molecular flexibility index (Phi) is 8.28. The second kappa shape index (κ2) is 10.8. The highest BCUT2D eigenvalue weighted by Gasteiger charge is 2.36. The minimum atomic E-state index is -0.629. The molecule has 7 heteroatoms. The number of β-amino-alcohol motifs (C(OH)–C–C–N with tert-alkyl or cyclic N) is 1. The predicted octanol–water partition coefficient (Wildman–Crippen LogP) is 4.04. The van der Waals surface area contributed by atoms with Crippen LogP contribution in [0.5, 0.6) is 0 Å². The third kappa shape index (κ3) is 6.75. The van der Waals surface area contributed by atoms with E-state index in [0.717, 1.165) is 17.7 Å². The second-order valence-electron chi connectivity index (χ2n) is 8.97. The van der Waals surface area contributed by atoms with Gasteiger partial charge in [-0.05, 0) is 69.0 Å². The summed E-state index contributed by atoms with van der Waals surface area (Å²) in [6.45, 7) is 5.92. The van der Waals surface area contributed by atoms with E-state index < -0.39 is 5.60 Å². The molecule has 1 fully saturated rings. The lowest BCUT2D eigenvalue weighted by atomic mass is 9.91. The summed E-state index contributed by atoms with van der Waals surface area (Å²) in [5, 5.41) is 10.4. The lowest BCUT2D eigenvalue weighted by Gasteiger charge is -2.44. The van der Waals surface area contributed by atoms with Crippen LogP contribution in [-0.2, 0) is 16.0 Å². The van der Waals surface area contributed by atoms with E-state index in [-0.39, 0.29) is 23.7 Å². The molecule has 2 atom stereocenters. The second-order valence-corrected chi connectivity index (χ2v) is 9.40. The van der Waals surface area contributed by atoms with Gasteiger partial charge in [0.25, 0.3) is 0 Å². The number of hydrogen-bond acceptors (Lipinski definition) is 5. The van der Waals surface area contributed by atoms with E-state index in [1.807, 2.05) is 31.2 Å². The summed E-state index contributed by atoms with van der Waals surface area (Å²) in [5.41, 5.74) is 7.99. The van der Waals surface area contributed by atoms with Crippen LogP contribution in [0.2, 0.25) is 5.02 Å². The van der Waals surface area contributed by atoms with Gasteiger partial charge in [0.1, 0.15) is 5.82 Å². The predicted molar refractivity (Wildman–Crippen MR) is 125 cm³/mol. The Hall–Kier alpha value is -1.99. The van der Waals surface area contributed by atoms with Crippen LogP contribution in [-0.4, -0.2) is 53.9 Å². The molecule has 1 aliphatic rings. The van der Waals surface area contributed by atoms with Gasteiger partial charge >= 0.3 is 5.97 Å². The molecule has 174 valence electrons. The zero-order valence-corrected chi connectivity index (χ0v) is 19.4. The third-order valence-electron chi connectivity index (χ3n) is 5.82. The largest absolute Gasteiger partial charge is 0.466 e. The maximum absolute atomic E-state index is 14.1. The fourth-order valence-electron chi connectivity index (χ4n) is 4.30. The Balaban J connectivity index is 1.58. The topological polar surface area (TPSA) is 75.8 Å². The number of benzene rings is 2. The van der Waals surface area contributed by atoms with Crippen molar-refractivity contribution >= 4 is 17.6 Å². The van der Waals surface area contributed by atoms with Gasteiger partial charge < -0.3 is 15.6 Å². The molecule has 0 radical (unpaired) electrons. The Bertz CT molecular complexity index is 912. The van der Waals surface area contributed by atoms with E-state index in [9.17, 15) is 14.3 Å². The van der Waals surface area contributed by atoms with E-state index in [1.165, 1.54) is 12.1 Å². The summed E-state index contributed by atoms with van der Waals surface area (Å²) in [7, 11) is 0. The van der Waals surface area contributed by atoms with Crippen LogP contribution < -0.4 is 5.73 Å². The number of hydrogen-bond donors (Lipinski definition) is 2. The number of aliphatic hydroxyl groups is 1. The molecule has 2 aromatic carbocycles. The Morgan fingerprint density at radius 1 is 1.28 bits per heavy atom. The van der Waals surface area contributed by atoms with Gasteiger partial charge in [0, 0.05) is 29.7 Å². The molecular formula is C25H32ClFN2O3. The summed E-state index contributed by atoms with van der Waals surface area (Å²) in [5.74, 6) is -0.822. The van der Waals surface area contributed by atoms with E-state index in [2.05, 4.69) is 4.90 Å². The Labute approximate surface area is 194 Å². The van der Waals surface area contributed by atoms with Crippen molar-refractivity contribution in [2.75, 3.05) is 26.2 Å². The molecule has 0 aromatic heterocycles. The molecule has 0 saturated carbocycles. The first kappa shape index (κ1) is 24.6. The molecule has 3 N–H and O–H groups in total. The lowest BCUT2D eigenvalue weighted by Crippen LogP contribution is -2.60. The van der Waals surface area contributed by atoms with Gasteiger partial charge in [-0.3, -0.25) is 9.69 Å². The van der Waals surface area contributed by atoms with Crippen LogP contribution in [0.1, 0.15) is 32.3 Å². The van der Waals surface area contributed by atoms with Crippen molar-refractivity contribution in [3.63, 3.8) is 0 Å². The van der Waals surface area contributed by atoms with E-state index in [4.69, 9.17) is 22.1 Å². The van der Waals surface area contributed by atoms with E-state index in [0.29, 0.717) is 49.5 Å². The minimum Gasteiger partial charge on any atom is -0.466 e. The number of ether oxygens (including phenoxy) is 1. The third-order valence-corrected chi connectivity index (χ3v) is 6.06. The summed E-state index contributed by atoms with van der Waals surface area (Å²) >= 11 is 6.00. The van der Waals surface area contributed by atoms with Crippen molar-refractivity contribution in [3.05, 3.63) is 58.9 Å². The van der Waals surface area contributed by atoms with Crippen LogP contribution in [0, 0.1) is 11.7 Å². The van der Waals surface area contributed by atoms with Gasteiger partial charge in [-0.25, -0.2) is 4.39 Å². The first-order valence-electron chi connectivity index (χ1n) is 11.1. The monoisotopic (exact) mass is 462 g/mol. The number of nitrogens with two attached hydrogens (primary N) is 1. The van der Waals surface area contributed by atoms with Crippen LogP contribution in [0.4, 0.5) is 4.39 Å². The molecular weight excluding hydrogens is 431 g/mol. The zero-order chi connectivity index (χ0) is 23.3. The first-order valence-corrected chi connectivity index (χ1v) is 11.5. The molecule has 0 bridgehead atoms. The molecule has 0 spiro atoms. The van der Waals surface area contributed by atoms with Gasteiger partial charge in [-0.2, -0.15) is 0 Å². The molecule has 1 saturated heterocycles. The number of likely N-dealkylation sites (tertiary alicyclic amines) is 1. The SMILES string of the molecule is CCOC(=O)[C@H](CCN1CC(C)(O)C1)C[C@H](N)Cc1ccc(-c2cc(Cl)ccc2F)cc1. The normalized spacial score (nSPS) is 17.4. The Morgan fingerprint density at radius 2 is 1.97 bits per heavy atom. The molecule has 0 unspecified atom stereocenters. The number of esters is 1. The number of rotatable bonds is 10. The standard InChI is InChI=1S/C25H32ClFN2O3/c1-3-32-24(30)19(10-11-29-15-25(2,31)16-29)13-21(28)12-17-4-6-18(7-5-17)22-14-20(26)8-9-23(22)27/h4-9,14,19,21,31H,3,10-13,15-16,28H2,1-2H3/t19-,21-/m1/s1. The van der Waals surface area contributed by atoms with Gasteiger partial charge in [0.15, 0.2) is 0 Å². The Morgan fingerprint density at radius 3 is 2.59 bits per heavy atom. The number of carbonyl (C=O) groups is 1. The van der Waals surface area contributed by atoms with Crippen molar-refractivity contribution in [2.45, 2.75) is 44.8 Å². The van der Waals surface area contributed by atoms with Gasteiger partial charge in [-0.15, -0.1) is 0 Å². The molecule has 2 aromatic rings. The highest BCUT2D eigenvalue weighted by Crippen LogP contribution is 2.27. The zero-order valence-electron chi connectivity index (χ0n) is 18.7. The fraction of sp³-hybridized carbons (Fsp3) is 0.480. The van der Waals surface area contributed by atoms with Crippen molar-refractivity contribution in [2.24, 2.45) is 11.7 Å². The fourth-order valence-corrected chi connectivity index (χ4v) is 4.47. The molecule has 0 amide bonds. The summed E-state index contributed by atoms with van der Waals surface area (Å²) in [6.07, 6.45) is 1.77. The molecule has 3 rings (SSSR count). The number of nitrogens with zero attached hydrogens (tertiary/aromatic N) is 1. The highest BCUT2D eigenvalue weighted by molar-refractivity contribution is 6.30. The molecule has 1 heterocycles. The van der Waals surface area contributed by atoms with Crippen LogP contribution in [0.3, 0.4) is 0 Å².